The lowest BCUT2D eigenvalue weighted by atomic mass is 10.1. The van der Waals surface area contributed by atoms with Gasteiger partial charge in [0.25, 0.3) is 5.56 Å². The third-order valence-electron chi connectivity index (χ3n) is 3.46. The van der Waals surface area contributed by atoms with Gasteiger partial charge in [0, 0.05) is 13.0 Å². The normalized spacial score (nSPS) is 11.0. The van der Waals surface area contributed by atoms with E-state index < -0.39 is 0 Å². The van der Waals surface area contributed by atoms with Gasteiger partial charge < -0.3 is 5.32 Å². The topological polar surface area (TPSA) is 76.9 Å². The molecule has 0 radical (unpaired) electrons. The first kappa shape index (κ1) is 16.1. The van der Waals surface area contributed by atoms with Crippen LogP contribution in [-0.2, 0) is 11.3 Å². The molecular formula is C16H22N4O2. The van der Waals surface area contributed by atoms with E-state index in [1.54, 1.807) is 18.2 Å². The minimum atomic E-state index is -0.210. The summed E-state index contributed by atoms with van der Waals surface area (Å²) in [6.07, 6.45) is 2.30. The Balaban J connectivity index is 1.88. The van der Waals surface area contributed by atoms with Crippen molar-refractivity contribution in [1.82, 2.24) is 20.3 Å². The van der Waals surface area contributed by atoms with Gasteiger partial charge in [0.05, 0.1) is 11.9 Å². The average Bonchev–Trinajstić information content (AvgIpc) is 2.51. The number of nitrogens with zero attached hydrogens (tertiary/aromatic N) is 3. The quantitative estimate of drug-likeness (QED) is 0.790. The number of aromatic nitrogens is 3. The summed E-state index contributed by atoms with van der Waals surface area (Å²) in [6.45, 7) is 5.24. The molecule has 0 bridgehead atoms. The van der Waals surface area contributed by atoms with E-state index in [1.807, 2.05) is 6.07 Å². The molecule has 0 aliphatic rings. The Labute approximate surface area is 129 Å². The highest BCUT2D eigenvalue weighted by Crippen LogP contribution is 2.04. The first-order valence-corrected chi connectivity index (χ1v) is 7.67. The van der Waals surface area contributed by atoms with Crippen molar-refractivity contribution in [3.05, 3.63) is 34.6 Å². The molecule has 1 amide bonds. The van der Waals surface area contributed by atoms with Gasteiger partial charge in [-0.3, -0.25) is 9.59 Å². The highest BCUT2D eigenvalue weighted by Gasteiger charge is 2.07. The molecule has 1 aromatic heterocycles. The fourth-order valence-electron chi connectivity index (χ4n) is 2.20. The maximum absolute atomic E-state index is 12.2. The molecule has 1 heterocycles. The standard InChI is InChI=1S/C16H22N4O2/c1-12(2)6-5-10-17-15(21)9-11-20-16(22)13-7-3-4-8-14(13)18-19-20/h3-4,7-8,12H,5-6,9-11H2,1-2H3,(H,17,21). The number of nitrogens with one attached hydrogen (secondary N) is 1. The fraction of sp³-hybridized carbons (Fsp3) is 0.500. The van der Waals surface area contributed by atoms with Gasteiger partial charge in [-0.25, -0.2) is 4.68 Å². The van der Waals surface area contributed by atoms with E-state index in [2.05, 4.69) is 29.5 Å². The van der Waals surface area contributed by atoms with Crippen LogP contribution in [0.3, 0.4) is 0 Å². The zero-order valence-corrected chi connectivity index (χ0v) is 13.1. The molecule has 0 unspecified atom stereocenters. The minimum absolute atomic E-state index is 0.0642. The van der Waals surface area contributed by atoms with Crippen LogP contribution >= 0.6 is 0 Å². The smallest absolute Gasteiger partial charge is 0.277 e. The lowest BCUT2D eigenvalue weighted by Gasteiger charge is -2.07. The zero-order valence-electron chi connectivity index (χ0n) is 13.1. The number of hydrogen-bond donors (Lipinski definition) is 1. The van der Waals surface area contributed by atoms with Gasteiger partial charge in [-0.2, -0.15) is 0 Å². The van der Waals surface area contributed by atoms with Crippen LogP contribution in [0.5, 0.6) is 0 Å². The highest BCUT2D eigenvalue weighted by atomic mass is 16.2. The Morgan fingerprint density at radius 3 is 2.86 bits per heavy atom. The second-order valence-electron chi connectivity index (χ2n) is 5.77. The summed E-state index contributed by atoms with van der Waals surface area (Å²) >= 11 is 0. The van der Waals surface area contributed by atoms with Gasteiger partial charge in [0.15, 0.2) is 0 Å². The van der Waals surface area contributed by atoms with E-state index in [1.165, 1.54) is 4.68 Å². The fourth-order valence-corrected chi connectivity index (χ4v) is 2.20. The monoisotopic (exact) mass is 302 g/mol. The van der Waals surface area contributed by atoms with E-state index >= 15 is 0 Å². The summed E-state index contributed by atoms with van der Waals surface area (Å²) in [5.41, 5.74) is 0.361. The second kappa shape index (κ2) is 7.68. The molecule has 0 spiro atoms. The predicted octanol–water partition coefficient (Wildman–Crippen LogP) is 1.73. The van der Waals surface area contributed by atoms with Crippen molar-refractivity contribution in [3.63, 3.8) is 0 Å². The van der Waals surface area contributed by atoms with Gasteiger partial charge >= 0.3 is 0 Å². The van der Waals surface area contributed by atoms with E-state index in [0.717, 1.165) is 12.8 Å². The third-order valence-corrected chi connectivity index (χ3v) is 3.46. The van der Waals surface area contributed by atoms with E-state index in [4.69, 9.17) is 0 Å². The zero-order chi connectivity index (χ0) is 15.9. The van der Waals surface area contributed by atoms with Gasteiger partial charge in [-0.1, -0.05) is 31.2 Å². The number of aryl methyl sites for hydroxylation is 1. The summed E-state index contributed by atoms with van der Waals surface area (Å²) in [6, 6.07) is 7.06. The Hall–Kier alpha value is -2.24. The Morgan fingerprint density at radius 2 is 2.09 bits per heavy atom. The largest absolute Gasteiger partial charge is 0.356 e. The van der Waals surface area contributed by atoms with Crippen molar-refractivity contribution in [2.75, 3.05) is 6.54 Å². The average molecular weight is 302 g/mol. The molecule has 6 heteroatoms. The number of carbonyl (C=O) groups is 1. The molecule has 2 aromatic rings. The first-order valence-electron chi connectivity index (χ1n) is 7.67. The Bertz CT molecular complexity index is 694. The van der Waals surface area contributed by atoms with Crippen molar-refractivity contribution >= 4 is 16.8 Å². The van der Waals surface area contributed by atoms with Gasteiger partial charge in [-0.15, -0.1) is 5.10 Å². The molecule has 1 aromatic carbocycles. The number of carbonyl (C=O) groups excluding carboxylic acids is 1. The Morgan fingerprint density at radius 1 is 1.32 bits per heavy atom. The molecule has 118 valence electrons. The van der Waals surface area contributed by atoms with E-state index in [9.17, 15) is 9.59 Å². The molecule has 0 saturated heterocycles. The van der Waals surface area contributed by atoms with Gasteiger partial charge in [0.2, 0.25) is 5.91 Å². The molecule has 0 fully saturated rings. The van der Waals surface area contributed by atoms with Crippen molar-refractivity contribution in [1.29, 1.82) is 0 Å². The molecule has 0 saturated carbocycles. The minimum Gasteiger partial charge on any atom is -0.356 e. The van der Waals surface area contributed by atoms with Gasteiger partial charge in [0.1, 0.15) is 5.52 Å². The maximum Gasteiger partial charge on any atom is 0.277 e. The molecule has 0 atom stereocenters. The predicted molar refractivity (Wildman–Crippen MR) is 85.5 cm³/mol. The summed E-state index contributed by atoms with van der Waals surface area (Å²) in [5, 5.41) is 11.3. The number of fused-ring (bicyclic) bond motifs is 1. The third kappa shape index (κ3) is 4.38. The van der Waals surface area contributed by atoms with Crippen LogP contribution in [0.25, 0.3) is 10.9 Å². The molecular weight excluding hydrogens is 280 g/mol. The summed E-state index contributed by atoms with van der Waals surface area (Å²) in [7, 11) is 0. The lowest BCUT2D eigenvalue weighted by molar-refractivity contribution is -0.121. The highest BCUT2D eigenvalue weighted by molar-refractivity contribution is 5.77. The molecule has 0 aliphatic heterocycles. The molecule has 2 rings (SSSR count). The summed E-state index contributed by atoms with van der Waals surface area (Å²) in [4.78, 5) is 24.0. The van der Waals surface area contributed by atoms with Crippen molar-refractivity contribution in [3.8, 4) is 0 Å². The summed E-state index contributed by atoms with van der Waals surface area (Å²) < 4.78 is 1.25. The van der Waals surface area contributed by atoms with Crippen LogP contribution in [0.1, 0.15) is 33.1 Å². The van der Waals surface area contributed by atoms with Crippen molar-refractivity contribution < 1.29 is 4.79 Å². The molecule has 6 nitrogen and oxygen atoms in total. The van der Waals surface area contributed by atoms with Crippen LogP contribution in [0, 0.1) is 5.92 Å². The van der Waals surface area contributed by atoms with E-state index in [-0.39, 0.29) is 24.4 Å². The number of hydrogen-bond acceptors (Lipinski definition) is 4. The van der Waals surface area contributed by atoms with Crippen LogP contribution in [-0.4, -0.2) is 27.4 Å². The molecule has 22 heavy (non-hydrogen) atoms. The molecule has 1 N–H and O–H groups in total. The Kier molecular flexibility index (Phi) is 5.63. The second-order valence-corrected chi connectivity index (χ2v) is 5.77. The molecule has 0 aliphatic carbocycles. The number of rotatable bonds is 7. The number of benzene rings is 1. The van der Waals surface area contributed by atoms with Crippen LogP contribution in [0.4, 0.5) is 0 Å². The van der Waals surface area contributed by atoms with Crippen LogP contribution in [0.15, 0.2) is 29.1 Å². The first-order chi connectivity index (χ1) is 10.6. The van der Waals surface area contributed by atoms with Crippen LogP contribution < -0.4 is 10.9 Å². The van der Waals surface area contributed by atoms with Crippen LogP contribution in [0.2, 0.25) is 0 Å². The SMILES string of the molecule is CC(C)CCCNC(=O)CCn1nnc2ccccc2c1=O. The number of amides is 1. The van der Waals surface area contributed by atoms with Crippen molar-refractivity contribution in [2.45, 2.75) is 39.7 Å². The maximum atomic E-state index is 12.2. The summed E-state index contributed by atoms with van der Waals surface area (Å²) in [5.74, 6) is 0.578. The van der Waals surface area contributed by atoms with E-state index in [0.29, 0.717) is 23.4 Å². The van der Waals surface area contributed by atoms with Gasteiger partial charge in [-0.05, 0) is 30.9 Å². The van der Waals surface area contributed by atoms with Crippen molar-refractivity contribution in [2.24, 2.45) is 5.92 Å². The lowest BCUT2D eigenvalue weighted by Crippen LogP contribution is -2.29.